The van der Waals surface area contributed by atoms with Crippen molar-refractivity contribution in [3.05, 3.63) is 36.3 Å². The molecule has 0 saturated carbocycles. The Morgan fingerprint density at radius 1 is 1.19 bits per heavy atom. The van der Waals surface area contributed by atoms with Crippen LogP contribution >= 0.6 is 0 Å². The molecule has 2 saturated heterocycles. The zero-order chi connectivity index (χ0) is 19.2. The van der Waals surface area contributed by atoms with E-state index in [9.17, 15) is 14.7 Å². The number of rotatable bonds is 1. The largest absolute Gasteiger partial charge is 0.389 e. The fourth-order valence-corrected chi connectivity index (χ4v) is 4.17. The smallest absolute Gasteiger partial charge is 0.319 e. The summed E-state index contributed by atoms with van der Waals surface area (Å²) in [7, 11) is 3.46. The van der Waals surface area contributed by atoms with E-state index in [-0.39, 0.29) is 17.9 Å². The van der Waals surface area contributed by atoms with E-state index in [1.807, 2.05) is 16.7 Å². The number of amides is 3. The van der Waals surface area contributed by atoms with Gasteiger partial charge in [-0.15, -0.1) is 0 Å². The predicted octanol–water partition coefficient (Wildman–Crippen LogP) is 0.915. The van der Waals surface area contributed by atoms with E-state index < -0.39 is 5.60 Å². The molecule has 1 N–H and O–H groups in total. The molecular weight excluding hydrogens is 346 g/mol. The fourth-order valence-electron chi connectivity index (χ4n) is 4.17. The number of pyridine rings is 1. The molecule has 2 aliphatic rings. The zero-order valence-electron chi connectivity index (χ0n) is 15.7. The summed E-state index contributed by atoms with van der Waals surface area (Å²) < 4.78 is 1.83. The van der Waals surface area contributed by atoms with Gasteiger partial charge in [-0.05, 0) is 25.0 Å². The number of carbonyl (C=O) groups is 2. The summed E-state index contributed by atoms with van der Waals surface area (Å²) in [6.07, 6.45) is 6.39. The van der Waals surface area contributed by atoms with Gasteiger partial charge in [0.25, 0.3) is 5.91 Å². The average molecular weight is 371 g/mol. The molecule has 2 atom stereocenters. The maximum atomic E-state index is 13.0. The van der Waals surface area contributed by atoms with Gasteiger partial charge in [0, 0.05) is 64.8 Å². The van der Waals surface area contributed by atoms with Gasteiger partial charge in [0.15, 0.2) is 0 Å². The van der Waals surface area contributed by atoms with Gasteiger partial charge in [-0.3, -0.25) is 4.79 Å². The molecule has 2 aliphatic heterocycles. The average Bonchev–Trinajstić information content (AvgIpc) is 3.13. The van der Waals surface area contributed by atoms with Crippen molar-refractivity contribution in [1.82, 2.24) is 24.1 Å². The third kappa shape index (κ3) is 3.14. The Morgan fingerprint density at radius 3 is 2.63 bits per heavy atom. The van der Waals surface area contributed by atoms with Crippen LogP contribution in [0.3, 0.4) is 0 Å². The molecule has 144 valence electrons. The molecule has 8 heteroatoms. The second kappa shape index (κ2) is 6.53. The van der Waals surface area contributed by atoms with Crippen LogP contribution in [0.2, 0.25) is 0 Å². The van der Waals surface area contributed by atoms with Gasteiger partial charge < -0.3 is 24.2 Å². The number of hydrogen-bond acceptors (Lipinski definition) is 4. The van der Waals surface area contributed by atoms with E-state index in [1.54, 1.807) is 47.3 Å². The molecule has 3 amide bonds. The number of aromatic nitrogens is 2. The monoisotopic (exact) mass is 371 g/mol. The SMILES string of the molecule is CN(C)C(=O)N1CCC2(O)CCN(C(=O)c3ccc4nccn4c3)CC2C1. The summed E-state index contributed by atoms with van der Waals surface area (Å²) >= 11 is 0. The van der Waals surface area contributed by atoms with Crippen LogP contribution in [-0.2, 0) is 0 Å². The highest BCUT2D eigenvalue weighted by Gasteiger charge is 2.47. The lowest BCUT2D eigenvalue weighted by molar-refractivity contribution is -0.100. The minimum Gasteiger partial charge on any atom is -0.389 e. The van der Waals surface area contributed by atoms with E-state index >= 15 is 0 Å². The molecule has 2 aromatic heterocycles. The highest BCUT2D eigenvalue weighted by Crippen LogP contribution is 2.36. The molecule has 0 aromatic carbocycles. The van der Waals surface area contributed by atoms with E-state index in [0.29, 0.717) is 44.6 Å². The number of urea groups is 1. The van der Waals surface area contributed by atoms with E-state index in [4.69, 9.17) is 0 Å². The standard InChI is InChI=1S/C19H25N5O3/c1-21(2)18(26)24-9-6-19(27)5-8-23(12-15(19)13-24)17(25)14-3-4-16-20-7-10-22(16)11-14/h3-4,7,10-11,15,27H,5-6,8-9,12-13H2,1-2H3. The van der Waals surface area contributed by atoms with Crippen molar-refractivity contribution in [2.75, 3.05) is 40.3 Å². The first-order valence-corrected chi connectivity index (χ1v) is 9.28. The molecule has 27 heavy (non-hydrogen) atoms. The van der Waals surface area contributed by atoms with Crippen molar-refractivity contribution in [3.63, 3.8) is 0 Å². The number of hydrogen-bond donors (Lipinski definition) is 1. The van der Waals surface area contributed by atoms with E-state index in [0.717, 1.165) is 5.65 Å². The van der Waals surface area contributed by atoms with Gasteiger partial charge in [0.05, 0.1) is 11.2 Å². The van der Waals surface area contributed by atoms with Crippen molar-refractivity contribution in [2.45, 2.75) is 18.4 Å². The van der Waals surface area contributed by atoms with Crippen LogP contribution in [0.15, 0.2) is 30.7 Å². The molecule has 0 radical (unpaired) electrons. The molecule has 2 aromatic rings. The first kappa shape index (κ1) is 17.8. The van der Waals surface area contributed by atoms with Gasteiger partial charge in [-0.1, -0.05) is 0 Å². The summed E-state index contributed by atoms with van der Waals surface area (Å²) in [5, 5.41) is 11.0. The molecule has 0 aliphatic carbocycles. The number of imidazole rings is 1. The Labute approximate surface area is 158 Å². The second-order valence-electron chi connectivity index (χ2n) is 7.79. The molecule has 4 heterocycles. The number of carbonyl (C=O) groups excluding carboxylic acids is 2. The Kier molecular flexibility index (Phi) is 4.30. The van der Waals surface area contributed by atoms with Gasteiger partial charge in [0.2, 0.25) is 0 Å². The molecule has 0 bridgehead atoms. The summed E-state index contributed by atoms with van der Waals surface area (Å²) in [5.74, 6) is -0.187. The van der Waals surface area contributed by atoms with Crippen LogP contribution in [0.5, 0.6) is 0 Å². The van der Waals surface area contributed by atoms with Crippen molar-refractivity contribution < 1.29 is 14.7 Å². The van der Waals surface area contributed by atoms with E-state index in [1.165, 1.54) is 0 Å². The summed E-state index contributed by atoms with van der Waals surface area (Å²) in [6, 6.07) is 3.56. The number of piperidine rings is 2. The molecule has 2 unspecified atom stereocenters. The number of aliphatic hydroxyl groups is 1. The molecular formula is C19H25N5O3. The minimum absolute atomic E-state index is 0.0499. The highest BCUT2D eigenvalue weighted by molar-refractivity contribution is 5.94. The number of likely N-dealkylation sites (tertiary alicyclic amines) is 2. The number of fused-ring (bicyclic) bond motifs is 2. The van der Waals surface area contributed by atoms with E-state index in [2.05, 4.69) is 4.98 Å². The summed E-state index contributed by atoms with van der Waals surface area (Å²) in [6.45, 7) is 2.00. The third-order valence-corrected chi connectivity index (χ3v) is 5.85. The predicted molar refractivity (Wildman–Crippen MR) is 99.4 cm³/mol. The van der Waals surface area contributed by atoms with Gasteiger partial charge in [0.1, 0.15) is 5.65 Å². The lowest BCUT2D eigenvalue weighted by Crippen LogP contribution is -2.62. The van der Waals surface area contributed by atoms with Crippen LogP contribution in [0.25, 0.3) is 5.65 Å². The Morgan fingerprint density at radius 2 is 1.89 bits per heavy atom. The topological polar surface area (TPSA) is 81.4 Å². The van der Waals surface area contributed by atoms with Crippen molar-refractivity contribution in [1.29, 1.82) is 0 Å². The van der Waals surface area contributed by atoms with Crippen molar-refractivity contribution in [3.8, 4) is 0 Å². The van der Waals surface area contributed by atoms with Crippen LogP contribution in [0, 0.1) is 5.92 Å². The molecule has 4 rings (SSSR count). The first-order valence-electron chi connectivity index (χ1n) is 9.28. The second-order valence-corrected chi connectivity index (χ2v) is 7.79. The maximum Gasteiger partial charge on any atom is 0.319 e. The molecule has 0 spiro atoms. The lowest BCUT2D eigenvalue weighted by Gasteiger charge is -2.50. The molecule has 2 fully saturated rings. The van der Waals surface area contributed by atoms with Crippen LogP contribution in [0.4, 0.5) is 4.79 Å². The first-order chi connectivity index (χ1) is 12.9. The minimum atomic E-state index is -0.797. The van der Waals surface area contributed by atoms with Gasteiger partial charge >= 0.3 is 6.03 Å². The van der Waals surface area contributed by atoms with Gasteiger partial charge in [-0.2, -0.15) is 0 Å². The Bertz CT molecular complexity index is 879. The van der Waals surface area contributed by atoms with Gasteiger partial charge in [-0.25, -0.2) is 9.78 Å². The molecule has 8 nitrogen and oxygen atoms in total. The normalized spacial score (nSPS) is 25.4. The third-order valence-electron chi connectivity index (χ3n) is 5.85. The summed E-state index contributed by atoms with van der Waals surface area (Å²) in [5.41, 5.74) is 0.599. The van der Waals surface area contributed by atoms with Crippen LogP contribution < -0.4 is 0 Å². The summed E-state index contributed by atoms with van der Waals surface area (Å²) in [4.78, 5) is 34.6. The fraction of sp³-hybridized carbons (Fsp3) is 0.526. The maximum absolute atomic E-state index is 13.0. The lowest BCUT2D eigenvalue weighted by atomic mass is 9.75. The van der Waals surface area contributed by atoms with Crippen molar-refractivity contribution >= 4 is 17.6 Å². The zero-order valence-corrected chi connectivity index (χ0v) is 15.7. The number of nitrogens with zero attached hydrogens (tertiary/aromatic N) is 5. The van der Waals surface area contributed by atoms with Crippen molar-refractivity contribution in [2.24, 2.45) is 5.92 Å². The van der Waals surface area contributed by atoms with Crippen LogP contribution in [0.1, 0.15) is 23.2 Å². The Balaban J connectivity index is 1.51. The highest BCUT2D eigenvalue weighted by atomic mass is 16.3. The Hall–Kier alpha value is -2.61. The quantitative estimate of drug-likeness (QED) is 0.808. The van der Waals surface area contributed by atoms with Crippen LogP contribution in [-0.4, -0.2) is 87.0 Å².